The van der Waals surface area contributed by atoms with Gasteiger partial charge < -0.3 is 9.84 Å². The first kappa shape index (κ1) is 12.8. The maximum atomic E-state index is 10.3. The van der Waals surface area contributed by atoms with Crippen molar-refractivity contribution < 1.29 is 39.4 Å². The van der Waals surface area contributed by atoms with E-state index in [2.05, 4.69) is 21.9 Å². The molecule has 0 unspecified atom stereocenters. The summed E-state index contributed by atoms with van der Waals surface area (Å²) in [5.41, 5.74) is 0. The minimum atomic E-state index is -0.491. The number of thiocarbonyl (C=S) groups is 1. The van der Waals surface area contributed by atoms with Gasteiger partial charge in [0.1, 0.15) is 0 Å². The monoisotopic (exact) mass is 167 g/mol. The summed E-state index contributed by atoms with van der Waals surface area (Å²) in [6, 6.07) is 0. The molecule has 0 bridgehead atoms. The topological polar surface area (TPSA) is 44.6 Å². The van der Waals surface area contributed by atoms with Crippen molar-refractivity contribution in [1.82, 2.24) is 0 Å². The summed E-state index contributed by atoms with van der Waals surface area (Å²) in [7, 11) is 0. The van der Waals surface area contributed by atoms with Gasteiger partial charge in [0.2, 0.25) is 0 Å². The molecule has 5 heteroatoms. The van der Waals surface area contributed by atoms with E-state index in [1.165, 1.54) is 0 Å². The maximum Gasteiger partial charge on any atom is 1.00 e. The molecule has 0 spiro atoms. The zero-order valence-corrected chi connectivity index (χ0v) is 8.77. The van der Waals surface area contributed by atoms with Gasteiger partial charge >= 0.3 is 29.6 Å². The van der Waals surface area contributed by atoms with Crippen molar-refractivity contribution in [2.45, 2.75) is 6.92 Å². The van der Waals surface area contributed by atoms with Gasteiger partial charge in [-0.25, -0.2) is 4.99 Å². The Kier molecular flexibility index (Phi) is 11.7. The summed E-state index contributed by atoms with van der Waals surface area (Å²) in [6.45, 7) is 2.06. The summed E-state index contributed by atoms with van der Waals surface area (Å²) >= 11 is 4.20. The predicted octanol–water partition coefficient (Wildman–Crippen LogP) is -2.71. The van der Waals surface area contributed by atoms with Crippen molar-refractivity contribution in [3.63, 3.8) is 0 Å². The van der Waals surface area contributed by atoms with Crippen LogP contribution < -0.4 is 34.7 Å². The average Bonchev–Trinajstić information content (AvgIpc) is 1.85. The first-order chi connectivity index (χ1) is 4.31. The van der Waals surface area contributed by atoms with E-state index in [0.717, 1.165) is 6.20 Å². The molecule has 0 saturated heterocycles. The van der Waals surface area contributed by atoms with Crippen LogP contribution in [0.4, 0.5) is 0 Å². The molecule has 0 saturated carbocycles. The molecule has 0 rings (SSSR count). The zero-order valence-electron chi connectivity index (χ0n) is 5.96. The summed E-state index contributed by atoms with van der Waals surface area (Å²) in [5.74, 6) is -0.491. The Balaban J connectivity index is 0. The molecule has 0 aliphatic carbocycles. The molecule has 0 amide bonds. The first-order valence-electron chi connectivity index (χ1n) is 2.38. The number of hydrogen-bond acceptors (Lipinski definition) is 4. The molecule has 50 valence electrons. The van der Waals surface area contributed by atoms with Crippen LogP contribution in [0.3, 0.4) is 0 Å². The Labute approximate surface area is 87.1 Å². The molecule has 10 heavy (non-hydrogen) atoms. The molecule has 0 atom stereocenters. The zero-order chi connectivity index (χ0) is 7.11. The van der Waals surface area contributed by atoms with Crippen molar-refractivity contribution in [3.05, 3.63) is 12.1 Å². The van der Waals surface area contributed by atoms with Gasteiger partial charge in [0, 0.05) is 0 Å². The molecule has 0 aliphatic heterocycles. The summed E-state index contributed by atoms with van der Waals surface area (Å²) in [5, 5.41) is 12.4. The van der Waals surface area contributed by atoms with Crippen molar-refractivity contribution in [3.8, 4) is 0 Å². The Bertz CT molecular complexity index is 154. The van der Waals surface area contributed by atoms with Gasteiger partial charge in [-0.3, -0.25) is 0 Å². The number of isothiocyanates is 1. The van der Waals surface area contributed by atoms with Crippen LogP contribution in [0.1, 0.15) is 6.92 Å². The van der Waals surface area contributed by atoms with Crippen LogP contribution in [-0.4, -0.2) is 11.8 Å². The number of nitrogens with zero attached hydrogens (tertiary/aromatic N) is 1. The third-order valence-corrected chi connectivity index (χ3v) is 0.615. The van der Waals surface area contributed by atoms with E-state index in [-0.39, 0.29) is 29.6 Å². The minimum Gasteiger partial charge on any atom is -0.612 e. The average molecular weight is 167 g/mol. The van der Waals surface area contributed by atoms with Crippen LogP contribution in [0.5, 0.6) is 0 Å². The van der Waals surface area contributed by atoms with Crippen molar-refractivity contribution in [1.29, 1.82) is 0 Å². The second-order valence-electron chi connectivity index (χ2n) is 1.10. The molecule has 0 aromatic carbocycles. The molecule has 0 fully saturated rings. The molecular formula is C5H6NNaO2S. The quantitative estimate of drug-likeness (QED) is 0.199. The predicted molar refractivity (Wildman–Crippen MR) is 34.7 cm³/mol. The second-order valence-corrected chi connectivity index (χ2v) is 1.28. The number of ether oxygens (including phenoxy) is 1. The Morgan fingerprint density at radius 3 is 2.90 bits per heavy atom. The first-order valence-corrected chi connectivity index (χ1v) is 2.79. The normalized spacial score (nSPS) is 9.10. The van der Waals surface area contributed by atoms with Crippen molar-refractivity contribution >= 4 is 17.4 Å². The molecule has 0 radical (unpaired) electrons. The minimum absolute atomic E-state index is 0. The third kappa shape index (κ3) is 8.14. The van der Waals surface area contributed by atoms with Gasteiger partial charge in [-0.1, -0.05) is 6.92 Å². The van der Waals surface area contributed by atoms with Gasteiger partial charge in [-0.2, -0.15) is 0 Å². The van der Waals surface area contributed by atoms with Crippen LogP contribution in [0, 0.1) is 0 Å². The maximum absolute atomic E-state index is 10.3. The van der Waals surface area contributed by atoms with Gasteiger partial charge in [0.15, 0.2) is 0 Å². The fraction of sp³-hybridized carbons (Fsp3) is 0.400. The van der Waals surface area contributed by atoms with E-state index in [1.807, 2.05) is 5.16 Å². The van der Waals surface area contributed by atoms with Crippen LogP contribution >= 0.6 is 12.2 Å². The standard InChI is InChI=1S/C5H7NO2S.Na/c1-2-8-5(7)3-6-4-9;/h3,7H,2H2,1H3;/q;+1/p-1/b5-3+;. The molecule has 0 aromatic rings. The SMILES string of the molecule is CCO/C([O-])=C/N=C=S.[Na+]. The second kappa shape index (κ2) is 9.14. The van der Waals surface area contributed by atoms with Gasteiger partial charge in [-0.05, 0) is 18.8 Å². The van der Waals surface area contributed by atoms with Crippen LogP contribution in [-0.2, 0) is 4.74 Å². The smallest absolute Gasteiger partial charge is 0.612 e. The molecule has 0 heterocycles. The van der Waals surface area contributed by atoms with Crippen molar-refractivity contribution in [2.75, 3.05) is 6.61 Å². The molecule has 0 aliphatic rings. The van der Waals surface area contributed by atoms with E-state index >= 15 is 0 Å². The fourth-order valence-corrected chi connectivity index (χ4v) is 0.311. The Hall–Kier alpha value is 0.140. The molecule has 3 nitrogen and oxygen atoms in total. The fourth-order valence-electron chi connectivity index (χ4n) is 0.259. The molecule has 0 N–H and O–H groups in total. The Morgan fingerprint density at radius 1 is 1.90 bits per heavy atom. The van der Waals surface area contributed by atoms with Crippen LogP contribution in [0.2, 0.25) is 0 Å². The number of hydrogen-bond donors (Lipinski definition) is 0. The third-order valence-electron chi connectivity index (χ3n) is 0.509. The molecule has 0 aromatic heterocycles. The Morgan fingerprint density at radius 2 is 2.50 bits per heavy atom. The van der Waals surface area contributed by atoms with E-state index < -0.39 is 5.95 Å². The van der Waals surface area contributed by atoms with Gasteiger partial charge in [0.05, 0.1) is 17.3 Å². The van der Waals surface area contributed by atoms with Crippen LogP contribution in [0.25, 0.3) is 0 Å². The van der Waals surface area contributed by atoms with E-state index in [1.54, 1.807) is 6.92 Å². The van der Waals surface area contributed by atoms with E-state index in [4.69, 9.17) is 0 Å². The number of rotatable bonds is 3. The molecular weight excluding hydrogens is 161 g/mol. The van der Waals surface area contributed by atoms with Gasteiger partial charge in [-0.15, -0.1) is 0 Å². The summed E-state index contributed by atoms with van der Waals surface area (Å²) in [4.78, 5) is 3.26. The number of aliphatic imine (C=N–C) groups is 1. The largest absolute Gasteiger partial charge is 1.00 e. The van der Waals surface area contributed by atoms with E-state index in [9.17, 15) is 5.11 Å². The van der Waals surface area contributed by atoms with Crippen LogP contribution in [0.15, 0.2) is 17.1 Å². The summed E-state index contributed by atoms with van der Waals surface area (Å²) in [6.07, 6.45) is 0.983. The summed E-state index contributed by atoms with van der Waals surface area (Å²) < 4.78 is 4.47. The van der Waals surface area contributed by atoms with Crippen molar-refractivity contribution in [2.24, 2.45) is 4.99 Å². The van der Waals surface area contributed by atoms with Gasteiger partial charge in [0.25, 0.3) is 0 Å². The van der Waals surface area contributed by atoms with E-state index in [0.29, 0.717) is 6.61 Å².